The third-order valence-corrected chi connectivity index (χ3v) is 4.42. The van der Waals surface area contributed by atoms with Crippen LogP contribution in [-0.2, 0) is 9.59 Å². The number of hydrogen-bond acceptors (Lipinski definition) is 4. The number of rotatable bonds is 9. The van der Waals surface area contributed by atoms with E-state index in [1.165, 1.54) is 6.08 Å². The minimum atomic E-state index is -0.523. The number of nitrogens with one attached hydrogen (secondary N) is 2. The fourth-order valence-corrected chi connectivity index (χ4v) is 2.88. The number of benzene rings is 3. The Morgan fingerprint density at radius 2 is 1.44 bits per heavy atom. The SMILES string of the molecule is N#CCCCOc1cccc(C=C(C(=O)Nc2ccccc2)C(=O)Nc2ccccc2)c1. The molecular formula is C26H23N3O3. The maximum atomic E-state index is 13.0. The Morgan fingerprint density at radius 1 is 0.844 bits per heavy atom. The largest absolute Gasteiger partial charge is 0.494 e. The molecule has 3 aromatic carbocycles. The molecule has 0 aliphatic heterocycles. The molecule has 32 heavy (non-hydrogen) atoms. The van der Waals surface area contributed by atoms with Crippen LogP contribution in [0, 0.1) is 11.3 Å². The summed E-state index contributed by atoms with van der Waals surface area (Å²) in [5.74, 6) is -0.446. The van der Waals surface area contributed by atoms with E-state index in [0.29, 0.717) is 42.1 Å². The summed E-state index contributed by atoms with van der Waals surface area (Å²) in [6.07, 6.45) is 2.57. The van der Waals surface area contributed by atoms with Gasteiger partial charge in [-0.25, -0.2) is 0 Å². The van der Waals surface area contributed by atoms with Crippen LogP contribution < -0.4 is 15.4 Å². The molecule has 2 N–H and O–H groups in total. The smallest absolute Gasteiger partial charge is 0.261 e. The van der Waals surface area contributed by atoms with Crippen molar-refractivity contribution in [2.45, 2.75) is 12.8 Å². The highest BCUT2D eigenvalue weighted by molar-refractivity contribution is 6.28. The number of hydrogen-bond donors (Lipinski definition) is 2. The highest BCUT2D eigenvalue weighted by Gasteiger charge is 2.19. The van der Waals surface area contributed by atoms with E-state index in [1.807, 2.05) is 12.1 Å². The van der Waals surface area contributed by atoms with E-state index < -0.39 is 11.8 Å². The first-order valence-corrected chi connectivity index (χ1v) is 10.2. The van der Waals surface area contributed by atoms with Crippen LogP contribution in [0.5, 0.6) is 5.75 Å². The van der Waals surface area contributed by atoms with Crippen LogP contribution in [0.25, 0.3) is 6.08 Å². The maximum absolute atomic E-state index is 13.0. The Morgan fingerprint density at radius 3 is 2.00 bits per heavy atom. The first kappa shape index (κ1) is 22.3. The van der Waals surface area contributed by atoms with Crippen LogP contribution in [0.3, 0.4) is 0 Å². The van der Waals surface area contributed by atoms with E-state index >= 15 is 0 Å². The number of amides is 2. The molecular weight excluding hydrogens is 402 g/mol. The monoisotopic (exact) mass is 425 g/mol. The Kier molecular flexibility index (Phi) is 8.18. The van der Waals surface area contributed by atoms with Crippen LogP contribution in [0.4, 0.5) is 11.4 Å². The molecule has 0 fully saturated rings. The second kappa shape index (κ2) is 11.7. The number of nitriles is 1. The minimum absolute atomic E-state index is 0.0423. The van der Waals surface area contributed by atoms with Crippen molar-refractivity contribution < 1.29 is 14.3 Å². The van der Waals surface area contributed by atoms with Gasteiger partial charge in [-0.15, -0.1) is 0 Å². The lowest BCUT2D eigenvalue weighted by molar-refractivity contribution is -0.118. The van der Waals surface area contributed by atoms with E-state index in [-0.39, 0.29) is 5.57 Å². The molecule has 6 nitrogen and oxygen atoms in total. The van der Waals surface area contributed by atoms with Crippen molar-refractivity contribution in [3.05, 3.63) is 96.1 Å². The van der Waals surface area contributed by atoms with E-state index in [2.05, 4.69) is 16.7 Å². The summed E-state index contributed by atoms with van der Waals surface area (Å²) in [5, 5.41) is 14.2. The highest BCUT2D eigenvalue weighted by atomic mass is 16.5. The zero-order chi connectivity index (χ0) is 22.6. The van der Waals surface area contributed by atoms with E-state index in [0.717, 1.165) is 0 Å². The molecule has 6 heteroatoms. The molecule has 3 aromatic rings. The van der Waals surface area contributed by atoms with Crippen LogP contribution in [-0.4, -0.2) is 18.4 Å². The predicted molar refractivity (Wildman–Crippen MR) is 125 cm³/mol. The van der Waals surface area contributed by atoms with Crippen molar-refractivity contribution in [3.63, 3.8) is 0 Å². The number of para-hydroxylation sites is 2. The molecule has 160 valence electrons. The van der Waals surface area contributed by atoms with Crippen molar-refractivity contribution in [1.82, 2.24) is 0 Å². The summed E-state index contributed by atoms with van der Waals surface area (Å²) >= 11 is 0. The summed E-state index contributed by atoms with van der Waals surface area (Å²) in [6, 6.07) is 27.1. The first-order valence-electron chi connectivity index (χ1n) is 10.2. The van der Waals surface area contributed by atoms with Crippen LogP contribution in [0.15, 0.2) is 90.5 Å². The molecule has 0 saturated heterocycles. The van der Waals surface area contributed by atoms with Crippen molar-refractivity contribution in [1.29, 1.82) is 5.26 Å². The minimum Gasteiger partial charge on any atom is -0.494 e. The number of carbonyl (C=O) groups excluding carboxylic acids is 2. The molecule has 0 radical (unpaired) electrons. The van der Waals surface area contributed by atoms with Crippen LogP contribution in [0.2, 0.25) is 0 Å². The van der Waals surface area contributed by atoms with Gasteiger partial charge in [-0.1, -0.05) is 48.5 Å². The topological polar surface area (TPSA) is 91.2 Å². The number of carbonyl (C=O) groups is 2. The van der Waals surface area contributed by atoms with Gasteiger partial charge in [0.15, 0.2) is 0 Å². The third kappa shape index (κ3) is 6.85. The Bertz CT molecular complexity index is 1060. The summed E-state index contributed by atoms with van der Waals surface area (Å²) in [4.78, 5) is 26.0. The van der Waals surface area contributed by atoms with Gasteiger partial charge in [-0.05, 0) is 54.5 Å². The molecule has 2 amide bonds. The van der Waals surface area contributed by atoms with Crippen molar-refractivity contribution in [3.8, 4) is 11.8 Å². The molecule has 0 aliphatic carbocycles. The second-order valence-corrected chi connectivity index (χ2v) is 6.88. The Hall–Kier alpha value is -4.37. The molecule has 0 aliphatic rings. The lowest BCUT2D eigenvalue weighted by Crippen LogP contribution is -2.25. The summed E-state index contributed by atoms with van der Waals surface area (Å²) in [5.41, 5.74) is 1.78. The average molecular weight is 425 g/mol. The van der Waals surface area contributed by atoms with Crippen LogP contribution >= 0.6 is 0 Å². The summed E-state index contributed by atoms with van der Waals surface area (Å²) in [7, 11) is 0. The Labute approximate surface area is 187 Å². The third-order valence-electron chi connectivity index (χ3n) is 4.42. The molecule has 0 saturated carbocycles. The van der Waals surface area contributed by atoms with Gasteiger partial charge < -0.3 is 15.4 Å². The molecule has 0 atom stereocenters. The van der Waals surface area contributed by atoms with Gasteiger partial charge in [0.05, 0.1) is 12.7 Å². The summed E-state index contributed by atoms with van der Waals surface area (Å²) in [6.45, 7) is 0.413. The van der Waals surface area contributed by atoms with Gasteiger partial charge in [0.25, 0.3) is 11.8 Å². The predicted octanol–water partition coefficient (Wildman–Crippen LogP) is 5.03. The van der Waals surface area contributed by atoms with E-state index in [1.54, 1.807) is 72.8 Å². The molecule has 3 rings (SSSR count). The molecule has 0 aromatic heterocycles. The van der Waals surface area contributed by atoms with Gasteiger partial charge in [-0.3, -0.25) is 9.59 Å². The molecule has 0 unspecified atom stereocenters. The Balaban J connectivity index is 1.84. The quantitative estimate of drug-likeness (QED) is 0.218. The molecule has 0 spiro atoms. The highest BCUT2D eigenvalue weighted by Crippen LogP contribution is 2.19. The normalized spacial score (nSPS) is 9.84. The number of anilines is 2. The molecule has 0 heterocycles. The lowest BCUT2D eigenvalue weighted by atomic mass is 10.1. The fraction of sp³-hybridized carbons (Fsp3) is 0.115. The molecule has 0 bridgehead atoms. The first-order chi connectivity index (χ1) is 15.7. The zero-order valence-electron chi connectivity index (χ0n) is 17.5. The van der Waals surface area contributed by atoms with Crippen molar-refractivity contribution in [2.24, 2.45) is 0 Å². The van der Waals surface area contributed by atoms with Gasteiger partial charge in [0.1, 0.15) is 11.3 Å². The van der Waals surface area contributed by atoms with Gasteiger partial charge in [0, 0.05) is 17.8 Å². The average Bonchev–Trinajstić information content (AvgIpc) is 2.82. The second-order valence-electron chi connectivity index (χ2n) is 6.88. The number of ether oxygens (including phenoxy) is 1. The van der Waals surface area contributed by atoms with Gasteiger partial charge in [0.2, 0.25) is 0 Å². The van der Waals surface area contributed by atoms with Crippen LogP contribution in [0.1, 0.15) is 18.4 Å². The maximum Gasteiger partial charge on any atom is 0.261 e. The van der Waals surface area contributed by atoms with E-state index in [9.17, 15) is 9.59 Å². The van der Waals surface area contributed by atoms with Crippen molar-refractivity contribution in [2.75, 3.05) is 17.2 Å². The van der Waals surface area contributed by atoms with Gasteiger partial charge >= 0.3 is 0 Å². The fourth-order valence-electron chi connectivity index (χ4n) is 2.88. The summed E-state index contributed by atoms with van der Waals surface area (Å²) < 4.78 is 5.66. The van der Waals surface area contributed by atoms with Gasteiger partial charge in [-0.2, -0.15) is 5.26 Å². The van der Waals surface area contributed by atoms with E-state index in [4.69, 9.17) is 10.00 Å². The zero-order valence-corrected chi connectivity index (χ0v) is 17.5. The standard InChI is InChI=1S/C26H23N3O3/c27-16-7-8-17-32-23-15-9-10-20(18-23)19-24(25(30)28-21-11-3-1-4-12-21)26(31)29-22-13-5-2-6-14-22/h1-6,9-15,18-19H,7-8,17H2,(H,28,30)(H,29,31). The van der Waals surface area contributed by atoms with Crippen molar-refractivity contribution >= 4 is 29.3 Å². The lowest BCUT2D eigenvalue weighted by Gasteiger charge is -2.11. The number of unbranched alkanes of at least 4 members (excludes halogenated alkanes) is 1. The number of nitrogens with zero attached hydrogens (tertiary/aromatic N) is 1.